The van der Waals surface area contributed by atoms with E-state index in [0.717, 1.165) is 19.1 Å². The Morgan fingerprint density at radius 2 is 1.63 bits per heavy atom. The standard InChI is InChI=1S/C12H8F6O/c1-7(19)2-3-8-4-5-9(11(13,14)15)6-10(8)12(16,17)18/h2-6H,1H3/b3-2+. The SMILES string of the molecule is CC(=O)/C=C/c1ccc(C(F)(F)F)cc1C(F)(F)F. The van der Waals surface area contributed by atoms with E-state index in [4.69, 9.17) is 0 Å². The Morgan fingerprint density at radius 3 is 2.05 bits per heavy atom. The number of alkyl halides is 6. The summed E-state index contributed by atoms with van der Waals surface area (Å²) in [5.41, 5.74) is -3.31. The molecule has 0 saturated heterocycles. The molecule has 0 bridgehead atoms. The molecule has 0 atom stereocenters. The number of hydrogen-bond acceptors (Lipinski definition) is 1. The number of rotatable bonds is 2. The zero-order valence-electron chi connectivity index (χ0n) is 9.56. The Kier molecular flexibility index (Phi) is 4.07. The first-order chi connectivity index (χ1) is 8.51. The first-order valence-corrected chi connectivity index (χ1v) is 4.99. The number of carbonyl (C=O) groups excluding carboxylic acids is 1. The molecule has 1 rings (SSSR count). The zero-order chi connectivity index (χ0) is 14.8. The number of carbonyl (C=O) groups is 1. The van der Waals surface area contributed by atoms with E-state index in [0.29, 0.717) is 12.1 Å². The Morgan fingerprint density at radius 1 is 1.05 bits per heavy atom. The fraction of sp³-hybridized carbons (Fsp3) is 0.250. The second-order valence-corrected chi connectivity index (χ2v) is 3.74. The van der Waals surface area contributed by atoms with Crippen molar-refractivity contribution in [2.45, 2.75) is 19.3 Å². The van der Waals surface area contributed by atoms with Gasteiger partial charge in [0.25, 0.3) is 0 Å². The topological polar surface area (TPSA) is 17.1 Å². The van der Waals surface area contributed by atoms with Crippen LogP contribution >= 0.6 is 0 Å². The maximum atomic E-state index is 12.7. The van der Waals surface area contributed by atoms with E-state index in [2.05, 4.69) is 0 Å². The maximum Gasteiger partial charge on any atom is 0.417 e. The fourth-order valence-corrected chi connectivity index (χ4v) is 1.33. The fourth-order valence-electron chi connectivity index (χ4n) is 1.33. The monoisotopic (exact) mass is 282 g/mol. The summed E-state index contributed by atoms with van der Waals surface area (Å²) in [5.74, 6) is -0.506. The molecule has 0 amide bonds. The molecule has 7 heteroatoms. The summed E-state index contributed by atoms with van der Waals surface area (Å²) >= 11 is 0. The Labute approximate surface area is 104 Å². The van der Waals surface area contributed by atoms with Crippen molar-refractivity contribution in [1.29, 1.82) is 0 Å². The summed E-state index contributed by atoms with van der Waals surface area (Å²) in [7, 11) is 0. The zero-order valence-corrected chi connectivity index (χ0v) is 9.56. The molecule has 0 unspecified atom stereocenters. The molecule has 19 heavy (non-hydrogen) atoms. The molecule has 0 aromatic heterocycles. The van der Waals surface area contributed by atoms with Crippen molar-refractivity contribution in [1.82, 2.24) is 0 Å². The molecule has 0 N–H and O–H groups in total. The summed E-state index contributed by atoms with van der Waals surface area (Å²) < 4.78 is 75.1. The van der Waals surface area contributed by atoms with Crippen molar-refractivity contribution in [2.75, 3.05) is 0 Å². The molecule has 0 aliphatic heterocycles. The normalized spacial score (nSPS) is 13.0. The molecule has 1 aromatic carbocycles. The van der Waals surface area contributed by atoms with Gasteiger partial charge in [0.05, 0.1) is 11.1 Å². The van der Waals surface area contributed by atoms with Crippen LogP contribution in [0, 0.1) is 0 Å². The molecular formula is C12H8F6O. The largest absolute Gasteiger partial charge is 0.417 e. The molecule has 0 aliphatic rings. The number of allylic oxidation sites excluding steroid dienone is 1. The highest BCUT2D eigenvalue weighted by molar-refractivity contribution is 5.91. The molecule has 1 aromatic rings. The smallest absolute Gasteiger partial charge is 0.295 e. The summed E-state index contributed by atoms with van der Waals surface area (Å²) in [6.07, 6.45) is -8.09. The summed E-state index contributed by atoms with van der Waals surface area (Å²) in [6.45, 7) is 1.12. The average Bonchev–Trinajstić information content (AvgIpc) is 2.23. The highest BCUT2D eigenvalue weighted by Gasteiger charge is 2.37. The van der Waals surface area contributed by atoms with Crippen LogP contribution < -0.4 is 0 Å². The predicted octanol–water partition coefficient (Wildman–Crippen LogP) is 4.33. The molecule has 0 radical (unpaired) electrons. The van der Waals surface area contributed by atoms with E-state index in [9.17, 15) is 31.1 Å². The van der Waals surface area contributed by atoms with Gasteiger partial charge < -0.3 is 0 Å². The van der Waals surface area contributed by atoms with Crippen molar-refractivity contribution in [3.05, 3.63) is 41.0 Å². The van der Waals surface area contributed by atoms with Crippen LogP contribution in [0.25, 0.3) is 6.08 Å². The summed E-state index contributed by atoms with van der Waals surface area (Å²) in [4.78, 5) is 10.7. The second-order valence-electron chi connectivity index (χ2n) is 3.74. The lowest BCUT2D eigenvalue weighted by molar-refractivity contribution is -0.143. The second kappa shape index (κ2) is 5.07. The molecule has 0 fully saturated rings. The van der Waals surface area contributed by atoms with Gasteiger partial charge in [0, 0.05) is 0 Å². The van der Waals surface area contributed by atoms with E-state index in [-0.39, 0.29) is 6.07 Å². The van der Waals surface area contributed by atoms with E-state index in [1.807, 2.05) is 0 Å². The third-order valence-corrected chi connectivity index (χ3v) is 2.18. The first-order valence-electron chi connectivity index (χ1n) is 4.99. The maximum absolute atomic E-state index is 12.7. The van der Waals surface area contributed by atoms with Gasteiger partial charge in [-0.15, -0.1) is 0 Å². The van der Waals surface area contributed by atoms with Crippen molar-refractivity contribution in [3.8, 4) is 0 Å². The van der Waals surface area contributed by atoms with E-state index < -0.39 is 34.8 Å². The Bertz CT molecular complexity index is 510. The number of benzene rings is 1. The van der Waals surface area contributed by atoms with Gasteiger partial charge in [0.2, 0.25) is 0 Å². The minimum absolute atomic E-state index is 0.0276. The quantitative estimate of drug-likeness (QED) is 0.583. The lowest BCUT2D eigenvalue weighted by Crippen LogP contribution is -2.12. The van der Waals surface area contributed by atoms with Crippen LogP contribution in [0.1, 0.15) is 23.6 Å². The van der Waals surface area contributed by atoms with Crippen LogP contribution in [-0.4, -0.2) is 5.78 Å². The minimum Gasteiger partial charge on any atom is -0.295 e. The van der Waals surface area contributed by atoms with Crippen LogP contribution in [0.4, 0.5) is 26.3 Å². The number of hydrogen-bond donors (Lipinski definition) is 0. The Balaban J connectivity index is 3.38. The van der Waals surface area contributed by atoms with Crippen LogP contribution in [0.15, 0.2) is 24.3 Å². The van der Waals surface area contributed by atoms with Gasteiger partial charge in [-0.25, -0.2) is 0 Å². The van der Waals surface area contributed by atoms with Gasteiger partial charge in [0.1, 0.15) is 0 Å². The third-order valence-electron chi connectivity index (χ3n) is 2.18. The van der Waals surface area contributed by atoms with E-state index >= 15 is 0 Å². The molecule has 0 saturated carbocycles. The van der Waals surface area contributed by atoms with Gasteiger partial charge in [0.15, 0.2) is 5.78 Å². The van der Waals surface area contributed by atoms with Crippen molar-refractivity contribution < 1.29 is 31.1 Å². The van der Waals surface area contributed by atoms with Gasteiger partial charge >= 0.3 is 12.4 Å². The van der Waals surface area contributed by atoms with E-state index in [1.165, 1.54) is 0 Å². The van der Waals surface area contributed by atoms with Gasteiger partial charge in [-0.05, 0) is 30.7 Å². The van der Waals surface area contributed by atoms with E-state index in [1.54, 1.807) is 0 Å². The van der Waals surface area contributed by atoms with Gasteiger partial charge in [-0.2, -0.15) is 26.3 Å². The van der Waals surface area contributed by atoms with Crippen LogP contribution in [0.2, 0.25) is 0 Å². The Hall–Kier alpha value is -1.79. The minimum atomic E-state index is -4.93. The lowest BCUT2D eigenvalue weighted by atomic mass is 10.0. The van der Waals surface area contributed by atoms with Crippen molar-refractivity contribution in [2.24, 2.45) is 0 Å². The van der Waals surface area contributed by atoms with Crippen molar-refractivity contribution >= 4 is 11.9 Å². The average molecular weight is 282 g/mol. The molecule has 1 nitrogen and oxygen atoms in total. The van der Waals surface area contributed by atoms with Gasteiger partial charge in [-0.3, -0.25) is 4.79 Å². The van der Waals surface area contributed by atoms with Crippen LogP contribution in [-0.2, 0) is 17.1 Å². The molecule has 104 valence electrons. The molecular weight excluding hydrogens is 274 g/mol. The molecule has 0 heterocycles. The summed E-state index contributed by atoms with van der Waals surface area (Å²) in [6, 6.07) is 1.25. The number of ketones is 1. The highest BCUT2D eigenvalue weighted by Crippen LogP contribution is 2.37. The third kappa shape index (κ3) is 4.11. The molecule has 0 spiro atoms. The van der Waals surface area contributed by atoms with Crippen molar-refractivity contribution in [3.63, 3.8) is 0 Å². The van der Waals surface area contributed by atoms with Gasteiger partial charge in [-0.1, -0.05) is 12.1 Å². The summed E-state index contributed by atoms with van der Waals surface area (Å²) in [5, 5.41) is 0. The highest BCUT2D eigenvalue weighted by atomic mass is 19.4. The lowest BCUT2D eigenvalue weighted by Gasteiger charge is -2.14. The first kappa shape index (κ1) is 15.3. The molecule has 0 aliphatic carbocycles. The number of halogens is 6. The van der Waals surface area contributed by atoms with Crippen LogP contribution in [0.3, 0.4) is 0 Å². The van der Waals surface area contributed by atoms with Crippen LogP contribution in [0.5, 0.6) is 0 Å². The predicted molar refractivity (Wildman–Crippen MR) is 56.2 cm³/mol.